The van der Waals surface area contributed by atoms with Crippen LogP contribution >= 0.6 is 0 Å². The standard InChI is InChI=1S/C36H37F2N5O3/c1-22-39-29-7-2-3-8-30(29)43(22)27-20-25-9-10-26(21-27)42(25)18-15-36(23-5-4-6-24(37)19-23)13-16-41(17-14-36)34(44)32-28(38)11-12-31-33(32)40-35(45)46-31/h2-8,11-12,19,25-27H,9-10,13-18,20-21H2,1H3,(H,40,45)/t25-,26+,27+. The fourth-order valence-corrected chi connectivity index (χ4v) is 8.79. The van der Waals surface area contributed by atoms with E-state index >= 15 is 0 Å². The summed E-state index contributed by atoms with van der Waals surface area (Å²) in [6, 6.07) is 19.2. The molecule has 3 aromatic carbocycles. The van der Waals surface area contributed by atoms with Crippen LogP contribution in [-0.4, -0.2) is 62.0 Å². The van der Waals surface area contributed by atoms with Gasteiger partial charge in [-0.25, -0.2) is 18.6 Å². The summed E-state index contributed by atoms with van der Waals surface area (Å²) < 4.78 is 37.1. The molecule has 8 rings (SSSR count). The molecule has 3 saturated heterocycles. The number of carbonyl (C=O) groups is 1. The normalized spacial score (nSPS) is 23.0. The number of halogens is 2. The maximum Gasteiger partial charge on any atom is 0.417 e. The lowest BCUT2D eigenvalue weighted by atomic mass is 9.70. The molecule has 5 heterocycles. The van der Waals surface area contributed by atoms with E-state index in [9.17, 15) is 18.4 Å². The molecule has 46 heavy (non-hydrogen) atoms. The van der Waals surface area contributed by atoms with Crippen LogP contribution in [0.1, 0.15) is 72.7 Å². The third kappa shape index (κ3) is 4.85. The van der Waals surface area contributed by atoms with Gasteiger partial charge in [0.05, 0.1) is 11.0 Å². The quantitative estimate of drug-likeness (QED) is 0.233. The molecule has 10 heteroatoms. The van der Waals surface area contributed by atoms with Gasteiger partial charge in [-0.2, -0.15) is 0 Å². The monoisotopic (exact) mass is 625 g/mol. The van der Waals surface area contributed by atoms with Gasteiger partial charge < -0.3 is 13.9 Å². The molecule has 3 aliphatic heterocycles. The third-order valence-electron chi connectivity index (χ3n) is 11.0. The van der Waals surface area contributed by atoms with E-state index in [2.05, 4.69) is 39.6 Å². The predicted octanol–water partition coefficient (Wildman–Crippen LogP) is 6.49. The van der Waals surface area contributed by atoms with E-state index in [4.69, 9.17) is 9.40 Å². The maximum absolute atomic E-state index is 15.0. The summed E-state index contributed by atoms with van der Waals surface area (Å²) in [4.78, 5) is 37.1. The Morgan fingerprint density at radius 1 is 1.00 bits per heavy atom. The van der Waals surface area contributed by atoms with Crippen LogP contribution in [0.3, 0.4) is 0 Å². The van der Waals surface area contributed by atoms with Crippen molar-refractivity contribution in [2.24, 2.45) is 0 Å². The van der Waals surface area contributed by atoms with E-state index < -0.39 is 17.5 Å². The van der Waals surface area contributed by atoms with Gasteiger partial charge in [0.2, 0.25) is 0 Å². The molecular formula is C36H37F2N5O3. The molecule has 2 bridgehead atoms. The molecule has 1 amide bonds. The Hall–Kier alpha value is -4.31. The molecule has 3 aliphatic rings. The summed E-state index contributed by atoms with van der Waals surface area (Å²) in [6.07, 6.45) is 6.63. The van der Waals surface area contributed by atoms with Gasteiger partial charge in [0.15, 0.2) is 5.58 Å². The molecule has 0 radical (unpaired) electrons. The van der Waals surface area contributed by atoms with Crippen molar-refractivity contribution < 1.29 is 18.0 Å². The number of oxazole rings is 1. The fraction of sp³-hybridized carbons (Fsp3) is 0.417. The van der Waals surface area contributed by atoms with Crippen LogP contribution in [0.2, 0.25) is 0 Å². The average Bonchev–Trinajstić information content (AvgIpc) is 3.67. The average molecular weight is 626 g/mol. The topological polar surface area (TPSA) is 87.4 Å². The molecule has 238 valence electrons. The number of hydrogen-bond acceptors (Lipinski definition) is 5. The summed E-state index contributed by atoms with van der Waals surface area (Å²) in [5.41, 5.74) is 2.94. The number of rotatable bonds is 6. The lowest BCUT2D eigenvalue weighted by Gasteiger charge is -2.45. The molecule has 0 aliphatic carbocycles. The number of nitrogens with one attached hydrogen (secondary N) is 1. The zero-order valence-corrected chi connectivity index (χ0v) is 25.8. The minimum atomic E-state index is -0.732. The van der Waals surface area contributed by atoms with Crippen molar-refractivity contribution in [1.29, 1.82) is 0 Å². The second kappa shape index (κ2) is 11.2. The summed E-state index contributed by atoms with van der Waals surface area (Å²) in [5.74, 6) is -1.10. The summed E-state index contributed by atoms with van der Waals surface area (Å²) in [6.45, 7) is 3.81. The number of aromatic amines is 1. The Morgan fingerprint density at radius 3 is 2.52 bits per heavy atom. The number of hydrogen-bond donors (Lipinski definition) is 1. The number of benzene rings is 3. The molecule has 0 spiro atoms. The highest BCUT2D eigenvalue weighted by atomic mass is 19.1. The van der Waals surface area contributed by atoms with Crippen LogP contribution < -0.4 is 5.76 Å². The number of para-hydroxylation sites is 2. The van der Waals surface area contributed by atoms with E-state index in [-0.39, 0.29) is 27.9 Å². The van der Waals surface area contributed by atoms with Crippen LogP contribution in [0.15, 0.2) is 69.9 Å². The van der Waals surface area contributed by atoms with Crippen molar-refractivity contribution in [3.8, 4) is 0 Å². The maximum atomic E-state index is 15.0. The molecule has 2 aromatic heterocycles. The number of nitrogens with zero attached hydrogens (tertiary/aromatic N) is 4. The zero-order valence-electron chi connectivity index (χ0n) is 25.8. The van der Waals surface area contributed by atoms with Gasteiger partial charge in [-0.1, -0.05) is 24.3 Å². The van der Waals surface area contributed by atoms with Gasteiger partial charge in [0, 0.05) is 31.2 Å². The molecule has 3 fully saturated rings. The number of amides is 1. The van der Waals surface area contributed by atoms with E-state index in [1.807, 2.05) is 12.1 Å². The highest BCUT2D eigenvalue weighted by Crippen LogP contribution is 2.45. The van der Waals surface area contributed by atoms with E-state index in [1.54, 1.807) is 17.0 Å². The van der Waals surface area contributed by atoms with Crippen LogP contribution in [0.5, 0.6) is 0 Å². The predicted molar refractivity (Wildman–Crippen MR) is 171 cm³/mol. The Balaban J connectivity index is 1.01. The van der Waals surface area contributed by atoms with Gasteiger partial charge in [-0.05, 0) is 106 Å². The molecule has 3 atom stereocenters. The Labute approximate surface area is 265 Å². The van der Waals surface area contributed by atoms with Crippen LogP contribution in [0.25, 0.3) is 22.1 Å². The highest BCUT2D eigenvalue weighted by Gasteiger charge is 2.44. The number of aromatic nitrogens is 3. The molecule has 5 aromatic rings. The summed E-state index contributed by atoms with van der Waals surface area (Å²) in [7, 11) is 0. The summed E-state index contributed by atoms with van der Waals surface area (Å²) >= 11 is 0. The minimum Gasteiger partial charge on any atom is -0.408 e. The molecule has 1 N–H and O–H groups in total. The second-order valence-corrected chi connectivity index (χ2v) is 13.4. The number of fused-ring (bicyclic) bond motifs is 4. The molecule has 0 unspecified atom stereocenters. The van der Waals surface area contributed by atoms with E-state index in [0.29, 0.717) is 44.1 Å². The minimum absolute atomic E-state index is 0.0785. The first-order valence-corrected chi connectivity index (χ1v) is 16.4. The largest absolute Gasteiger partial charge is 0.417 e. The van der Waals surface area contributed by atoms with Gasteiger partial charge in [0.25, 0.3) is 5.91 Å². The molecule has 8 nitrogen and oxygen atoms in total. The van der Waals surface area contributed by atoms with E-state index in [1.165, 1.54) is 30.5 Å². The van der Waals surface area contributed by atoms with Crippen molar-refractivity contribution in [1.82, 2.24) is 24.3 Å². The third-order valence-corrected chi connectivity index (χ3v) is 11.0. The zero-order chi connectivity index (χ0) is 31.6. The van der Waals surface area contributed by atoms with E-state index in [0.717, 1.165) is 48.8 Å². The van der Waals surface area contributed by atoms with Crippen molar-refractivity contribution >= 4 is 28.0 Å². The number of carbonyl (C=O) groups excluding carboxylic acids is 1. The van der Waals surface area contributed by atoms with Crippen molar-refractivity contribution in [2.45, 2.75) is 75.4 Å². The first kappa shape index (κ1) is 29.1. The lowest BCUT2D eigenvalue weighted by molar-refractivity contribution is 0.0604. The first-order valence-electron chi connectivity index (χ1n) is 16.4. The number of likely N-dealkylation sites (tertiary alicyclic amines) is 1. The number of imidazole rings is 1. The SMILES string of the molecule is Cc1nc2ccccc2n1[C@H]1C[C@H]2CC[C@@H](C1)N2CCC1(c2cccc(F)c2)CCN(C(=O)c2c(F)ccc3oc(=O)[nH]c23)CC1. The van der Waals surface area contributed by atoms with Crippen LogP contribution in [-0.2, 0) is 5.41 Å². The van der Waals surface area contributed by atoms with Gasteiger partial charge in [-0.3, -0.25) is 14.7 Å². The highest BCUT2D eigenvalue weighted by molar-refractivity contribution is 6.04. The Kier molecular flexibility index (Phi) is 7.08. The Morgan fingerprint density at radius 2 is 1.76 bits per heavy atom. The smallest absolute Gasteiger partial charge is 0.408 e. The number of H-pyrrole nitrogens is 1. The van der Waals surface area contributed by atoms with Gasteiger partial charge >= 0.3 is 5.76 Å². The van der Waals surface area contributed by atoms with Crippen LogP contribution in [0, 0.1) is 18.6 Å². The number of piperidine rings is 2. The summed E-state index contributed by atoms with van der Waals surface area (Å²) in [5, 5.41) is 0. The van der Waals surface area contributed by atoms with Crippen molar-refractivity contribution in [2.75, 3.05) is 19.6 Å². The number of aryl methyl sites for hydroxylation is 1. The van der Waals surface area contributed by atoms with Crippen molar-refractivity contribution in [3.05, 3.63) is 99.8 Å². The molecular weight excluding hydrogens is 588 g/mol. The first-order chi connectivity index (χ1) is 22.3. The molecule has 0 saturated carbocycles. The van der Waals surface area contributed by atoms with Gasteiger partial charge in [0.1, 0.15) is 28.5 Å². The van der Waals surface area contributed by atoms with Gasteiger partial charge in [-0.15, -0.1) is 0 Å². The fourth-order valence-electron chi connectivity index (χ4n) is 8.79. The Bertz CT molecular complexity index is 1990. The van der Waals surface area contributed by atoms with Crippen LogP contribution in [0.4, 0.5) is 8.78 Å². The lowest BCUT2D eigenvalue weighted by Crippen LogP contribution is -2.49. The second-order valence-electron chi connectivity index (χ2n) is 13.4. The van der Waals surface area contributed by atoms with Crippen molar-refractivity contribution in [3.63, 3.8) is 0 Å².